The Kier molecular flexibility index (Phi) is 5.86. The molecule has 2 nitrogen and oxygen atoms in total. The lowest BCUT2D eigenvalue weighted by Gasteiger charge is -2.07. The Bertz CT molecular complexity index is 273. The van der Waals surface area contributed by atoms with Crippen molar-refractivity contribution < 1.29 is 4.74 Å². The van der Waals surface area contributed by atoms with E-state index in [-0.39, 0.29) is 0 Å². The van der Waals surface area contributed by atoms with Crippen LogP contribution in [-0.4, -0.2) is 19.7 Å². The maximum atomic E-state index is 5.60. The zero-order chi connectivity index (χ0) is 10.9. The second-order valence-corrected chi connectivity index (χ2v) is 3.77. The van der Waals surface area contributed by atoms with Gasteiger partial charge >= 0.3 is 0 Å². The molecule has 0 fully saturated rings. The Morgan fingerprint density at radius 2 is 2.13 bits per heavy atom. The van der Waals surface area contributed by atoms with Crippen LogP contribution < -0.4 is 10.1 Å². The fraction of sp³-hybridized carbons (Fsp3) is 0.538. The minimum atomic E-state index is 0.743. The van der Waals surface area contributed by atoms with Crippen molar-refractivity contribution in [2.75, 3.05) is 19.7 Å². The van der Waals surface area contributed by atoms with Crippen LogP contribution in [0.1, 0.15) is 25.3 Å². The third-order valence-electron chi connectivity index (χ3n) is 2.24. The van der Waals surface area contributed by atoms with Crippen LogP contribution in [0, 0.1) is 6.92 Å². The fourth-order valence-electron chi connectivity index (χ4n) is 1.37. The molecule has 1 rings (SSSR count). The summed E-state index contributed by atoms with van der Waals surface area (Å²) in [6.45, 7) is 7.03. The first-order valence-electron chi connectivity index (χ1n) is 5.73. The van der Waals surface area contributed by atoms with Gasteiger partial charge < -0.3 is 10.1 Å². The summed E-state index contributed by atoms with van der Waals surface area (Å²) in [4.78, 5) is 0. The van der Waals surface area contributed by atoms with Crippen molar-refractivity contribution in [2.45, 2.75) is 26.7 Å². The molecule has 0 spiro atoms. The van der Waals surface area contributed by atoms with E-state index in [1.54, 1.807) is 0 Å². The van der Waals surface area contributed by atoms with E-state index < -0.39 is 0 Å². The first kappa shape index (κ1) is 12.1. The van der Waals surface area contributed by atoms with E-state index in [2.05, 4.69) is 31.3 Å². The average Bonchev–Trinajstić information content (AvgIpc) is 2.23. The van der Waals surface area contributed by atoms with E-state index >= 15 is 0 Å². The molecule has 1 aromatic rings. The van der Waals surface area contributed by atoms with E-state index in [4.69, 9.17) is 4.74 Å². The van der Waals surface area contributed by atoms with Crippen LogP contribution in [0.4, 0.5) is 0 Å². The summed E-state index contributed by atoms with van der Waals surface area (Å²) in [5, 5.41) is 3.35. The van der Waals surface area contributed by atoms with Crippen LogP contribution in [0.5, 0.6) is 5.75 Å². The Morgan fingerprint density at radius 1 is 1.27 bits per heavy atom. The van der Waals surface area contributed by atoms with Gasteiger partial charge in [0.05, 0.1) is 0 Å². The first-order chi connectivity index (χ1) is 7.33. The Labute approximate surface area is 92.6 Å². The quantitative estimate of drug-likeness (QED) is 0.694. The third-order valence-corrected chi connectivity index (χ3v) is 2.24. The van der Waals surface area contributed by atoms with Crippen molar-refractivity contribution in [1.29, 1.82) is 0 Å². The van der Waals surface area contributed by atoms with Crippen molar-refractivity contribution in [2.24, 2.45) is 0 Å². The summed E-state index contributed by atoms with van der Waals surface area (Å²) in [5.74, 6) is 0.965. The number of unbranched alkanes of at least 4 members (excludes halogenated alkanes) is 1. The fourth-order valence-corrected chi connectivity index (χ4v) is 1.37. The lowest BCUT2D eigenvalue weighted by molar-refractivity contribution is 0.313. The van der Waals surface area contributed by atoms with Crippen molar-refractivity contribution in [3.63, 3.8) is 0 Å². The van der Waals surface area contributed by atoms with Gasteiger partial charge in [0, 0.05) is 6.54 Å². The van der Waals surface area contributed by atoms with Crippen LogP contribution in [-0.2, 0) is 0 Å². The van der Waals surface area contributed by atoms with Gasteiger partial charge in [0.25, 0.3) is 0 Å². The van der Waals surface area contributed by atoms with Crippen LogP contribution in [0.3, 0.4) is 0 Å². The monoisotopic (exact) mass is 207 g/mol. The molecular formula is C13H21NO. The Morgan fingerprint density at radius 3 is 2.87 bits per heavy atom. The van der Waals surface area contributed by atoms with Gasteiger partial charge in [-0.25, -0.2) is 0 Å². The third kappa shape index (κ3) is 5.43. The SMILES string of the molecule is CCCCNCCOc1cccc(C)c1. The highest BCUT2D eigenvalue weighted by Gasteiger charge is 1.93. The lowest BCUT2D eigenvalue weighted by Crippen LogP contribution is -2.21. The predicted molar refractivity (Wildman–Crippen MR) is 64.5 cm³/mol. The zero-order valence-electron chi connectivity index (χ0n) is 9.75. The number of hydrogen-bond donors (Lipinski definition) is 1. The molecule has 0 aliphatic rings. The van der Waals surface area contributed by atoms with E-state index in [9.17, 15) is 0 Å². The van der Waals surface area contributed by atoms with E-state index in [1.165, 1.54) is 18.4 Å². The lowest BCUT2D eigenvalue weighted by atomic mass is 10.2. The summed E-state index contributed by atoms with van der Waals surface area (Å²) in [6.07, 6.45) is 2.48. The summed E-state index contributed by atoms with van der Waals surface area (Å²) < 4.78 is 5.60. The van der Waals surface area contributed by atoms with Crippen LogP contribution in [0.15, 0.2) is 24.3 Å². The average molecular weight is 207 g/mol. The molecule has 0 aliphatic carbocycles. The van der Waals surface area contributed by atoms with Crippen molar-refractivity contribution >= 4 is 0 Å². The maximum Gasteiger partial charge on any atom is 0.119 e. The van der Waals surface area contributed by atoms with Gasteiger partial charge in [-0.1, -0.05) is 25.5 Å². The number of benzene rings is 1. The van der Waals surface area contributed by atoms with Gasteiger partial charge in [0.15, 0.2) is 0 Å². The van der Waals surface area contributed by atoms with Crippen LogP contribution in [0.2, 0.25) is 0 Å². The van der Waals surface area contributed by atoms with Gasteiger partial charge in [-0.15, -0.1) is 0 Å². The van der Waals surface area contributed by atoms with Gasteiger partial charge in [-0.3, -0.25) is 0 Å². The van der Waals surface area contributed by atoms with E-state index in [1.807, 2.05) is 12.1 Å². The van der Waals surface area contributed by atoms with Crippen molar-refractivity contribution in [3.8, 4) is 5.75 Å². The predicted octanol–water partition coefficient (Wildman–Crippen LogP) is 2.76. The van der Waals surface area contributed by atoms with Gasteiger partial charge in [0.1, 0.15) is 12.4 Å². The zero-order valence-corrected chi connectivity index (χ0v) is 9.75. The molecule has 1 N–H and O–H groups in total. The van der Waals surface area contributed by atoms with Crippen LogP contribution in [0.25, 0.3) is 0 Å². The molecule has 0 aliphatic heterocycles. The minimum absolute atomic E-state index is 0.743. The van der Waals surface area contributed by atoms with Gasteiger partial charge in [-0.05, 0) is 37.6 Å². The molecule has 0 radical (unpaired) electrons. The number of ether oxygens (including phenoxy) is 1. The number of nitrogens with one attached hydrogen (secondary N) is 1. The highest BCUT2D eigenvalue weighted by molar-refractivity contribution is 5.27. The van der Waals surface area contributed by atoms with Crippen molar-refractivity contribution in [3.05, 3.63) is 29.8 Å². The second kappa shape index (κ2) is 7.30. The standard InChI is InChI=1S/C13H21NO/c1-3-4-8-14-9-10-15-13-7-5-6-12(2)11-13/h5-7,11,14H,3-4,8-10H2,1-2H3. The molecule has 1 aromatic carbocycles. The minimum Gasteiger partial charge on any atom is -0.492 e. The van der Waals surface area contributed by atoms with E-state index in [0.717, 1.165) is 25.4 Å². The van der Waals surface area contributed by atoms with Gasteiger partial charge in [-0.2, -0.15) is 0 Å². The maximum absolute atomic E-state index is 5.60. The van der Waals surface area contributed by atoms with Crippen LogP contribution >= 0.6 is 0 Å². The number of aryl methyl sites for hydroxylation is 1. The number of rotatable bonds is 7. The molecule has 2 heteroatoms. The summed E-state index contributed by atoms with van der Waals surface area (Å²) in [6, 6.07) is 8.16. The molecule has 0 bridgehead atoms. The van der Waals surface area contributed by atoms with Crippen molar-refractivity contribution in [1.82, 2.24) is 5.32 Å². The smallest absolute Gasteiger partial charge is 0.119 e. The summed E-state index contributed by atoms with van der Waals surface area (Å²) in [5.41, 5.74) is 1.24. The Hall–Kier alpha value is -1.02. The molecule has 84 valence electrons. The molecule has 0 aromatic heterocycles. The largest absolute Gasteiger partial charge is 0.492 e. The molecule has 0 amide bonds. The molecule has 0 heterocycles. The molecule has 15 heavy (non-hydrogen) atoms. The molecule has 0 atom stereocenters. The highest BCUT2D eigenvalue weighted by atomic mass is 16.5. The Balaban J connectivity index is 2.10. The second-order valence-electron chi connectivity index (χ2n) is 3.77. The van der Waals surface area contributed by atoms with Gasteiger partial charge in [0.2, 0.25) is 0 Å². The molecular weight excluding hydrogens is 186 g/mol. The topological polar surface area (TPSA) is 21.3 Å². The first-order valence-corrected chi connectivity index (χ1v) is 5.73. The van der Waals surface area contributed by atoms with E-state index in [0.29, 0.717) is 0 Å². The summed E-state index contributed by atoms with van der Waals surface area (Å²) >= 11 is 0. The molecule has 0 unspecified atom stereocenters. The summed E-state index contributed by atoms with van der Waals surface area (Å²) in [7, 11) is 0. The normalized spacial score (nSPS) is 10.3. The number of hydrogen-bond acceptors (Lipinski definition) is 2. The highest BCUT2D eigenvalue weighted by Crippen LogP contribution is 2.11. The molecule has 0 saturated carbocycles. The molecule has 0 saturated heterocycles.